The van der Waals surface area contributed by atoms with Crippen molar-refractivity contribution in [2.75, 3.05) is 20.8 Å². The number of nitro benzene ring substituents is 1. The number of carbonyl (C=O) groups is 2. The molecule has 114 valence electrons. The Morgan fingerprint density at radius 3 is 2.43 bits per heavy atom. The summed E-state index contributed by atoms with van der Waals surface area (Å²) in [5.74, 6) is -1.36. The van der Waals surface area contributed by atoms with E-state index in [9.17, 15) is 19.7 Å². The molecular weight excluding hydrogens is 282 g/mol. The zero-order valence-electron chi connectivity index (χ0n) is 11.9. The molecule has 0 N–H and O–H groups in total. The minimum Gasteiger partial charge on any atom is -0.490 e. The van der Waals surface area contributed by atoms with Crippen LogP contribution >= 0.6 is 0 Å². The Labute approximate surface area is 120 Å². The highest BCUT2D eigenvalue weighted by Crippen LogP contribution is 2.33. The molecule has 8 heteroatoms. The molecule has 0 saturated carbocycles. The van der Waals surface area contributed by atoms with E-state index >= 15 is 0 Å². The van der Waals surface area contributed by atoms with Crippen molar-refractivity contribution < 1.29 is 28.7 Å². The van der Waals surface area contributed by atoms with Crippen molar-refractivity contribution in [2.45, 2.75) is 13.3 Å². The van der Waals surface area contributed by atoms with Crippen molar-refractivity contribution in [3.8, 4) is 5.75 Å². The van der Waals surface area contributed by atoms with Gasteiger partial charge in [-0.1, -0.05) is 0 Å². The van der Waals surface area contributed by atoms with Crippen molar-refractivity contribution in [1.29, 1.82) is 0 Å². The van der Waals surface area contributed by atoms with Crippen LogP contribution in [0.1, 0.15) is 22.8 Å². The Kier molecular flexibility index (Phi) is 5.65. The standard InChI is InChI=1S/C13H15NO7/c1-8(15)21-5-4-9-6-10(13(16)20-3)12(19-2)11(7-9)14(17)18/h6-7H,4-5H2,1-3H3. The third-order valence-corrected chi connectivity index (χ3v) is 2.63. The second-order valence-corrected chi connectivity index (χ2v) is 4.03. The van der Waals surface area contributed by atoms with E-state index < -0.39 is 16.9 Å². The Morgan fingerprint density at radius 1 is 1.29 bits per heavy atom. The molecule has 0 heterocycles. The molecule has 0 aliphatic carbocycles. The first kappa shape index (κ1) is 16.4. The van der Waals surface area contributed by atoms with Gasteiger partial charge in [-0.3, -0.25) is 14.9 Å². The Hall–Kier alpha value is -2.64. The number of carbonyl (C=O) groups excluding carboxylic acids is 2. The van der Waals surface area contributed by atoms with Crippen molar-refractivity contribution in [1.82, 2.24) is 0 Å². The Morgan fingerprint density at radius 2 is 1.95 bits per heavy atom. The molecule has 0 spiro atoms. The van der Waals surface area contributed by atoms with Gasteiger partial charge in [-0.25, -0.2) is 4.79 Å². The van der Waals surface area contributed by atoms with Crippen LogP contribution in [0.3, 0.4) is 0 Å². The van der Waals surface area contributed by atoms with Gasteiger partial charge in [0.25, 0.3) is 0 Å². The molecule has 1 aromatic rings. The average Bonchev–Trinajstić information content (AvgIpc) is 2.44. The Bertz CT molecular complexity index is 568. The summed E-state index contributed by atoms with van der Waals surface area (Å²) in [7, 11) is 2.40. The van der Waals surface area contributed by atoms with Gasteiger partial charge in [0.2, 0.25) is 5.75 Å². The predicted octanol–water partition coefficient (Wildman–Crippen LogP) is 1.50. The summed E-state index contributed by atoms with van der Waals surface area (Å²) in [5.41, 5.74) is 0.0643. The Balaban J connectivity index is 3.21. The van der Waals surface area contributed by atoms with Gasteiger partial charge >= 0.3 is 17.6 Å². The van der Waals surface area contributed by atoms with Crippen LogP contribution in [0, 0.1) is 10.1 Å². The summed E-state index contributed by atoms with van der Waals surface area (Å²) in [6.07, 6.45) is 0.231. The molecule has 0 aromatic heterocycles. The van der Waals surface area contributed by atoms with E-state index in [1.807, 2.05) is 0 Å². The fraction of sp³-hybridized carbons (Fsp3) is 0.385. The molecule has 21 heavy (non-hydrogen) atoms. The predicted molar refractivity (Wildman–Crippen MR) is 71.3 cm³/mol. The van der Waals surface area contributed by atoms with E-state index in [-0.39, 0.29) is 30.0 Å². The van der Waals surface area contributed by atoms with Crippen LogP contribution in [0.4, 0.5) is 5.69 Å². The fourth-order valence-corrected chi connectivity index (χ4v) is 1.74. The first-order chi connectivity index (χ1) is 9.90. The van der Waals surface area contributed by atoms with Gasteiger partial charge in [-0.15, -0.1) is 0 Å². The van der Waals surface area contributed by atoms with E-state index in [0.29, 0.717) is 5.56 Å². The number of esters is 2. The zero-order valence-corrected chi connectivity index (χ0v) is 11.9. The highest BCUT2D eigenvalue weighted by molar-refractivity contribution is 5.94. The van der Waals surface area contributed by atoms with Crippen LogP contribution in [-0.4, -0.2) is 37.7 Å². The number of rotatable bonds is 6. The minimum absolute atomic E-state index is 0.0491. The summed E-state index contributed by atoms with van der Waals surface area (Å²) in [4.78, 5) is 32.8. The lowest BCUT2D eigenvalue weighted by atomic mass is 10.1. The number of nitro groups is 1. The van der Waals surface area contributed by atoms with Crippen LogP contribution in [0.25, 0.3) is 0 Å². The number of nitrogens with zero attached hydrogens (tertiary/aromatic N) is 1. The van der Waals surface area contributed by atoms with E-state index in [4.69, 9.17) is 9.47 Å². The van der Waals surface area contributed by atoms with E-state index in [1.165, 1.54) is 33.3 Å². The van der Waals surface area contributed by atoms with Gasteiger partial charge in [0, 0.05) is 19.4 Å². The van der Waals surface area contributed by atoms with Crippen molar-refractivity contribution >= 4 is 17.6 Å². The smallest absolute Gasteiger partial charge is 0.341 e. The topological polar surface area (TPSA) is 105 Å². The van der Waals surface area contributed by atoms with Gasteiger partial charge in [-0.2, -0.15) is 0 Å². The molecule has 8 nitrogen and oxygen atoms in total. The van der Waals surface area contributed by atoms with Crippen LogP contribution in [0.15, 0.2) is 12.1 Å². The lowest BCUT2D eigenvalue weighted by Crippen LogP contribution is -2.09. The second-order valence-electron chi connectivity index (χ2n) is 4.03. The lowest BCUT2D eigenvalue weighted by molar-refractivity contribution is -0.385. The summed E-state index contributed by atoms with van der Waals surface area (Å²) in [6.45, 7) is 1.32. The number of methoxy groups -OCH3 is 2. The van der Waals surface area contributed by atoms with E-state index in [0.717, 1.165) is 0 Å². The van der Waals surface area contributed by atoms with Crippen molar-refractivity contribution in [3.63, 3.8) is 0 Å². The molecule has 0 amide bonds. The second kappa shape index (κ2) is 7.22. The van der Waals surface area contributed by atoms with Gasteiger partial charge in [0.05, 0.1) is 25.7 Å². The van der Waals surface area contributed by atoms with Crippen LogP contribution in [0.5, 0.6) is 5.75 Å². The van der Waals surface area contributed by atoms with Crippen molar-refractivity contribution in [3.05, 3.63) is 33.4 Å². The lowest BCUT2D eigenvalue weighted by Gasteiger charge is -2.10. The average molecular weight is 297 g/mol. The van der Waals surface area contributed by atoms with E-state index in [1.54, 1.807) is 0 Å². The van der Waals surface area contributed by atoms with Crippen LogP contribution in [-0.2, 0) is 20.7 Å². The molecule has 1 rings (SSSR count). The van der Waals surface area contributed by atoms with Crippen LogP contribution in [0.2, 0.25) is 0 Å². The maximum atomic E-state index is 11.7. The van der Waals surface area contributed by atoms with Gasteiger partial charge in [0.15, 0.2) is 0 Å². The fourth-order valence-electron chi connectivity index (χ4n) is 1.74. The van der Waals surface area contributed by atoms with E-state index in [2.05, 4.69) is 4.74 Å². The molecule has 0 fully saturated rings. The van der Waals surface area contributed by atoms with Crippen molar-refractivity contribution in [2.24, 2.45) is 0 Å². The van der Waals surface area contributed by atoms with Gasteiger partial charge < -0.3 is 14.2 Å². The normalized spacial score (nSPS) is 9.86. The molecule has 0 aliphatic rings. The quantitative estimate of drug-likeness (QED) is 0.445. The van der Waals surface area contributed by atoms with Gasteiger partial charge in [0.1, 0.15) is 5.56 Å². The molecule has 0 unspecified atom stereocenters. The highest BCUT2D eigenvalue weighted by Gasteiger charge is 2.25. The molecule has 0 radical (unpaired) electrons. The summed E-state index contributed by atoms with van der Waals surface area (Å²) in [6, 6.07) is 2.69. The third-order valence-electron chi connectivity index (χ3n) is 2.63. The first-order valence-electron chi connectivity index (χ1n) is 5.97. The number of hydrogen-bond donors (Lipinski definition) is 0. The highest BCUT2D eigenvalue weighted by atomic mass is 16.6. The molecule has 0 saturated heterocycles. The molecular formula is C13H15NO7. The van der Waals surface area contributed by atoms with Gasteiger partial charge in [-0.05, 0) is 11.6 Å². The monoisotopic (exact) mass is 297 g/mol. The summed E-state index contributed by atoms with van der Waals surface area (Å²) in [5, 5.41) is 11.1. The number of benzene rings is 1. The molecule has 0 aliphatic heterocycles. The summed E-state index contributed by atoms with van der Waals surface area (Å²) < 4.78 is 14.3. The summed E-state index contributed by atoms with van der Waals surface area (Å²) >= 11 is 0. The molecule has 0 bridgehead atoms. The van der Waals surface area contributed by atoms with Crippen LogP contribution < -0.4 is 4.74 Å². The maximum absolute atomic E-state index is 11.7. The maximum Gasteiger partial charge on any atom is 0.341 e. The molecule has 0 atom stereocenters. The first-order valence-corrected chi connectivity index (χ1v) is 5.97. The zero-order chi connectivity index (χ0) is 16.0. The number of ether oxygens (including phenoxy) is 3. The third kappa shape index (κ3) is 4.16. The SMILES string of the molecule is COC(=O)c1cc(CCOC(C)=O)cc([N+](=O)[O-])c1OC. The minimum atomic E-state index is -0.746. The number of hydrogen-bond acceptors (Lipinski definition) is 7. The largest absolute Gasteiger partial charge is 0.490 e. The molecule has 1 aromatic carbocycles.